The number of thiocarbonyl (C=S) groups is 1. The minimum Gasteiger partial charge on any atom is -0.363 e. The standard InChI is InChI=1S/C25H26N4O2S2/c1-5-16(3)29-24(31)20(33-25(29)32)13-19-22(26-17(4)18-9-7-6-8-10-18)27-21-12-11-15(2)14-28(21)23(19)30/h6-14,16-17,26H,5H2,1-4H3/b20-13-/t16-,17-/m1/s1. The van der Waals surface area contributed by atoms with E-state index >= 15 is 0 Å². The van der Waals surface area contributed by atoms with Crippen molar-refractivity contribution in [3.8, 4) is 0 Å². The van der Waals surface area contributed by atoms with Crippen LogP contribution in [0.4, 0.5) is 5.82 Å². The highest BCUT2D eigenvalue weighted by molar-refractivity contribution is 8.26. The smallest absolute Gasteiger partial charge is 0.267 e. The highest BCUT2D eigenvalue weighted by Crippen LogP contribution is 2.35. The first-order valence-corrected chi connectivity index (χ1v) is 12.1. The van der Waals surface area contributed by atoms with Gasteiger partial charge in [-0.15, -0.1) is 0 Å². The van der Waals surface area contributed by atoms with Crippen molar-refractivity contribution in [2.75, 3.05) is 5.32 Å². The van der Waals surface area contributed by atoms with Crippen LogP contribution in [0, 0.1) is 6.92 Å². The van der Waals surface area contributed by atoms with Crippen LogP contribution < -0.4 is 10.9 Å². The first-order chi connectivity index (χ1) is 15.8. The zero-order chi connectivity index (χ0) is 23.7. The third kappa shape index (κ3) is 4.58. The van der Waals surface area contributed by atoms with Gasteiger partial charge in [0.15, 0.2) is 0 Å². The molecular formula is C25H26N4O2S2. The number of nitrogens with zero attached hydrogens (tertiary/aromatic N) is 3. The van der Waals surface area contributed by atoms with Crippen LogP contribution in [-0.4, -0.2) is 30.6 Å². The van der Waals surface area contributed by atoms with Crippen molar-refractivity contribution in [2.45, 2.75) is 46.2 Å². The Morgan fingerprint density at radius 1 is 1.15 bits per heavy atom. The lowest BCUT2D eigenvalue weighted by Gasteiger charge is -2.21. The third-order valence-corrected chi connectivity index (χ3v) is 7.12. The number of carbonyl (C=O) groups is 1. The number of aromatic nitrogens is 2. The number of hydrogen-bond acceptors (Lipinski definition) is 6. The molecule has 3 heterocycles. The Labute approximate surface area is 202 Å². The monoisotopic (exact) mass is 478 g/mol. The van der Waals surface area contributed by atoms with Gasteiger partial charge in [0.05, 0.1) is 10.5 Å². The molecule has 1 N–H and O–H groups in total. The molecule has 0 radical (unpaired) electrons. The average molecular weight is 479 g/mol. The maximum atomic E-state index is 13.5. The van der Waals surface area contributed by atoms with E-state index in [4.69, 9.17) is 17.2 Å². The van der Waals surface area contributed by atoms with E-state index in [0.29, 0.717) is 26.3 Å². The summed E-state index contributed by atoms with van der Waals surface area (Å²) in [6.45, 7) is 7.92. The highest BCUT2D eigenvalue weighted by atomic mass is 32.2. The molecule has 1 saturated heterocycles. The Morgan fingerprint density at radius 3 is 2.58 bits per heavy atom. The summed E-state index contributed by atoms with van der Waals surface area (Å²) >= 11 is 6.69. The SMILES string of the molecule is CC[C@@H](C)N1C(=O)/C(=C/c2c(N[C@H](C)c3ccccc3)nc3ccc(C)cn3c2=O)SC1=S. The Balaban J connectivity index is 1.84. The van der Waals surface area contributed by atoms with Crippen molar-refractivity contribution in [1.29, 1.82) is 0 Å². The van der Waals surface area contributed by atoms with Gasteiger partial charge in [-0.2, -0.15) is 0 Å². The summed E-state index contributed by atoms with van der Waals surface area (Å²) in [5.74, 6) is 0.268. The molecule has 33 heavy (non-hydrogen) atoms. The fourth-order valence-corrected chi connectivity index (χ4v) is 5.15. The molecule has 0 unspecified atom stereocenters. The lowest BCUT2D eigenvalue weighted by atomic mass is 10.1. The second-order valence-electron chi connectivity index (χ2n) is 8.20. The van der Waals surface area contributed by atoms with Crippen LogP contribution in [0.15, 0.2) is 58.4 Å². The van der Waals surface area contributed by atoms with Gasteiger partial charge >= 0.3 is 0 Å². The van der Waals surface area contributed by atoms with E-state index in [9.17, 15) is 9.59 Å². The molecule has 0 bridgehead atoms. The summed E-state index contributed by atoms with van der Waals surface area (Å²) in [6.07, 6.45) is 4.18. The Kier molecular flexibility index (Phi) is 6.67. The van der Waals surface area contributed by atoms with E-state index in [1.165, 1.54) is 16.2 Å². The number of thioether (sulfide) groups is 1. The van der Waals surface area contributed by atoms with Gasteiger partial charge in [-0.1, -0.05) is 67.3 Å². The Morgan fingerprint density at radius 2 is 1.88 bits per heavy atom. The molecule has 2 aromatic heterocycles. The molecule has 6 nitrogen and oxygen atoms in total. The molecule has 1 aromatic carbocycles. The second-order valence-corrected chi connectivity index (χ2v) is 9.88. The topological polar surface area (TPSA) is 66.7 Å². The first-order valence-electron chi connectivity index (χ1n) is 10.9. The van der Waals surface area contributed by atoms with Gasteiger partial charge in [-0.05, 0) is 50.5 Å². The van der Waals surface area contributed by atoms with Gasteiger partial charge in [0.1, 0.15) is 15.8 Å². The predicted molar refractivity (Wildman–Crippen MR) is 139 cm³/mol. The van der Waals surface area contributed by atoms with E-state index in [1.54, 1.807) is 17.2 Å². The largest absolute Gasteiger partial charge is 0.363 e. The molecule has 0 spiro atoms. The summed E-state index contributed by atoms with van der Waals surface area (Å²) in [7, 11) is 0. The van der Waals surface area contributed by atoms with E-state index in [-0.39, 0.29) is 23.6 Å². The summed E-state index contributed by atoms with van der Waals surface area (Å²) < 4.78 is 2.03. The van der Waals surface area contributed by atoms with Crippen molar-refractivity contribution in [3.63, 3.8) is 0 Å². The van der Waals surface area contributed by atoms with Crippen LogP contribution >= 0.6 is 24.0 Å². The molecule has 4 rings (SSSR count). The molecule has 1 aliphatic heterocycles. The summed E-state index contributed by atoms with van der Waals surface area (Å²) in [5.41, 5.74) is 2.65. The molecule has 8 heteroatoms. The number of fused-ring (bicyclic) bond motifs is 1. The summed E-state index contributed by atoms with van der Waals surface area (Å²) in [5, 5.41) is 3.38. The molecule has 0 saturated carbocycles. The number of rotatable bonds is 6. The summed E-state index contributed by atoms with van der Waals surface area (Å²) in [4.78, 5) is 33.4. The van der Waals surface area contributed by atoms with E-state index < -0.39 is 0 Å². The zero-order valence-corrected chi connectivity index (χ0v) is 20.7. The van der Waals surface area contributed by atoms with Crippen LogP contribution in [0.2, 0.25) is 0 Å². The number of carbonyl (C=O) groups excluding carboxylic acids is 1. The van der Waals surface area contributed by atoms with E-state index in [2.05, 4.69) is 5.32 Å². The predicted octanol–water partition coefficient (Wildman–Crippen LogP) is 5.18. The number of amides is 1. The van der Waals surface area contributed by atoms with Crippen LogP contribution in [0.1, 0.15) is 49.9 Å². The quantitative estimate of drug-likeness (QED) is 0.389. The normalized spacial score (nSPS) is 17.1. The maximum absolute atomic E-state index is 13.5. The fourth-order valence-electron chi connectivity index (χ4n) is 3.70. The lowest BCUT2D eigenvalue weighted by Crippen LogP contribution is -2.36. The lowest BCUT2D eigenvalue weighted by molar-refractivity contribution is -0.123. The summed E-state index contributed by atoms with van der Waals surface area (Å²) in [6, 6.07) is 13.6. The van der Waals surface area contributed by atoms with Gasteiger partial charge < -0.3 is 5.32 Å². The highest BCUT2D eigenvalue weighted by Gasteiger charge is 2.35. The molecule has 1 aliphatic rings. The van der Waals surface area contributed by atoms with Crippen LogP contribution in [-0.2, 0) is 4.79 Å². The molecule has 3 aromatic rings. The van der Waals surface area contributed by atoms with Gasteiger partial charge in [0.2, 0.25) is 0 Å². The van der Waals surface area contributed by atoms with Crippen LogP contribution in [0.3, 0.4) is 0 Å². The zero-order valence-electron chi connectivity index (χ0n) is 19.0. The molecule has 1 fully saturated rings. The van der Waals surface area contributed by atoms with Crippen LogP contribution in [0.5, 0.6) is 0 Å². The van der Waals surface area contributed by atoms with Crippen molar-refractivity contribution >= 4 is 51.7 Å². The van der Waals surface area contributed by atoms with Crippen molar-refractivity contribution in [2.24, 2.45) is 0 Å². The number of hydrogen-bond donors (Lipinski definition) is 1. The Hall–Kier alpha value is -2.97. The van der Waals surface area contributed by atoms with Gasteiger partial charge in [-0.25, -0.2) is 4.98 Å². The van der Waals surface area contributed by atoms with Gasteiger partial charge in [0, 0.05) is 18.3 Å². The van der Waals surface area contributed by atoms with E-state index in [0.717, 1.165) is 17.5 Å². The molecule has 0 aliphatic carbocycles. The Bertz CT molecular complexity index is 1320. The minimum absolute atomic E-state index is 0.00225. The van der Waals surface area contributed by atoms with E-state index in [1.807, 2.05) is 70.2 Å². The number of nitrogens with one attached hydrogen (secondary N) is 1. The first kappa shape index (κ1) is 23.2. The minimum atomic E-state index is -0.236. The fraction of sp³-hybridized carbons (Fsp3) is 0.280. The molecule has 2 atom stereocenters. The second kappa shape index (κ2) is 9.49. The maximum Gasteiger partial charge on any atom is 0.267 e. The van der Waals surface area contributed by atoms with Crippen molar-refractivity contribution < 1.29 is 4.79 Å². The van der Waals surface area contributed by atoms with Gasteiger partial charge in [-0.3, -0.25) is 18.9 Å². The number of pyridine rings is 1. The third-order valence-electron chi connectivity index (χ3n) is 5.79. The van der Waals surface area contributed by atoms with Crippen molar-refractivity contribution in [3.05, 3.63) is 80.6 Å². The molecular weight excluding hydrogens is 452 g/mol. The van der Waals surface area contributed by atoms with Crippen LogP contribution in [0.25, 0.3) is 11.7 Å². The molecule has 1 amide bonds. The van der Waals surface area contributed by atoms with Gasteiger partial charge in [0.25, 0.3) is 11.5 Å². The average Bonchev–Trinajstić information content (AvgIpc) is 3.09. The number of benzene rings is 1. The molecule has 170 valence electrons. The number of aryl methyl sites for hydroxylation is 1. The van der Waals surface area contributed by atoms with Crippen molar-refractivity contribution in [1.82, 2.24) is 14.3 Å². The number of anilines is 1.